The van der Waals surface area contributed by atoms with Crippen LogP contribution < -0.4 is 0 Å². The van der Waals surface area contributed by atoms with Gasteiger partial charge in [0.1, 0.15) is 5.69 Å². The Balaban J connectivity index is 1.89. The molecule has 124 valence electrons. The molecule has 0 radical (unpaired) electrons. The topological polar surface area (TPSA) is 84.2 Å². The van der Waals surface area contributed by atoms with Crippen LogP contribution in [-0.4, -0.2) is 57.4 Å². The number of hydrogen-bond donors (Lipinski definition) is 0. The third-order valence-corrected chi connectivity index (χ3v) is 6.01. The fraction of sp³-hybridized carbons (Fsp3) is 0.500. The van der Waals surface area contributed by atoms with Gasteiger partial charge in [-0.25, -0.2) is 0 Å². The standard InChI is InChI=1S/C14H20N6O2S/c1-18(2)23(21,22)20-8-4-5-14(20)12-10-15-11(9-16-12)13-6-7-17-19(13)3/h6-7,9-10,14H,4-5,8H2,1-3H3/t14-/m1/s1. The third-order valence-electron chi connectivity index (χ3n) is 4.06. The van der Waals surface area contributed by atoms with Gasteiger partial charge in [0.25, 0.3) is 10.2 Å². The molecule has 0 aromatic carbocycles. The normalized spacial score (nSPS) is 19.6. The van der Waals surface area contributed by atoms with Crippen LogP contribution in [0.4, 0.5) is 0 Å². The maximum Gasteiger partial charge on any atom is 0.282 e. The van der Waals surface area contributed by atoms with Crippen molar-refractivity contribution < 1.29 is 8.42 Å². The van der Waals surface area contributed by atoms with Gasteiger partial charge < -0.3 is 0 Å². The van der Waals surface area contributed by atoms with Crippen LogP contribution in [0.25, 0.3) is 11.4 Å². The highest BCUT2D eigenvalue weighted by atomic mass is 32.2. The Labute approximate surface area is 135 Å². The SMILES string of the molecule is CN(C)S(=O)(=O)N1CCC[C@@H]1c1cnc(-c2ccnn2C)cn1. The molecule has 0 saturated carbocycles. The van der Waals surface area contributed by atoms with Crippen LogP contribution in [0.1, 0.15) is 24.6 Å². The zero-order valence-electron chi connectivity index (χ0n) is 13.4. The molecule has 0 spiro atoms. The highest BCUT2D eigenvalue weighted by Crippen LogP contribution is 2.33. The van der Waals surface area contributed by atoms with Crippen LogP contribution in [0.5, 0.6) is 0 Å². The Bertz CT molecular complexity index is 784. The fourth-order valence-electron chi connectivity index (χ4n) is 2.79. The summed E-state index contributed by atoms with van der Waals surface area (Å²) in [5.41, 5.74) is 2.26. The molecule has 0 bridgehead atoms. The van der Waals surface area contributed by atoms with Crippen LogP contribution in [-0.2, 0) is 17.3 Å². The molecule has 3 rings (SSSR count). The molecule has 2 aromatic rings. The van der Waals surface area contributed by atoms with Gasteiger partial charge in [0.2, 0.25) is 0 Å². The minimum atomic E-state index is -3.45. The molecule has 0 unspecified atom stereocenters. The second kappa shape index (κ2) is 5.99. The van der Waals surface area contributed by atoms with Crippen molar-refractivity contribution in [2.45, 2.75) is 18.9 Å². The Hall–Kier alpha value is -1.84. The summed E-state index contributed by atoms with van der Waals surface area (Å²) in [6.45, 7) is 0.510. The second-order valence-corrected chi connectivity index (χ2v) is 7.82. The molecule has 23 heavy (non-hydrogen) atoms. The lowest BCUT2D eigenvalue weighted by molar-refractivity contribution is 0.357. The van der Waals surface area contributed by atoms with Gasteiger partial charge in [0.05, 0.1) is 29.8 Å². The van der Waals surface area contributed by atoms with E-state index in [1.165, 1.54) is 8.61 Å². The van der Waals surface area contributed by atoms with E-state index in [-0.39, 0.29) is 6.04 Å². The maximum absolute atomic E-state index is 12.4. The Kier molecular flexibility index (Phi) is 4.17. The van der Waals surface area contributed by atoms with Crippen LogP contribution in [0.15, 0.2) is 24.7 Å². The molecule has 8 nitrogen and oxygen atoms in total. The average Bonchev–Trinajstić information content (AvgIpc) is 3.16. The van der Waals surface area contributed by atoms with Gasteiger partial charge >= 0.3 is 0 Å². The first-order chi connectivity index (χ1) is 10.9. The Morgan fingerprint density at radius 1 is 1.26 bits per heavy atom. The first-order valence-corrected chi connectivity index (χ1v) is 8.80. The monoisotopic (exact) mass is 336 g/mol. The van der Waals surface area contributed by atoms with E-state index in [9.17, 15) is 8.42 Å². The highest BCUT2D eigenvalue weighted by Gasteiger charge is 2.37. The first kappa shape index (κ1) is 16.0. The second-order valence-electron chi connectivity index (χ2n) is 5.73. The molecular formula is C14H20N6O2S. The molecule has 1 fully saturated rings. The zero-order valence-corrected chi connectivity index (χ0v) is 14.2. The van der Waals surface area contributed by atoms with Gasteiger partial charge in [0.15, 0.2) is 0 Å². The predicted molar refractivity (Wildman–Crippen MR) is 85.5 cm³/mol. The number of aromatic nitrogens is 4. The van der Waals surface area contributed by atoms with E-state index >= 15 is 0 Å². The molecule has 9 heteroatoms. The molecule has 1 aliphatic heterocycles. The van der Waals surface area contributed by atoms with Gasteiger partial charge in [-0.15, -0.1) is 0 Å². The molecule has 0 amide bonds. The summed E-state index contributed by atoms with van der Waals surface area (Å²) < 4.78 is 29.3. The summed E-state index contributed by atoms with van der Waals surface area (Å²) in [6, 6.07) is 1.61. The number of rotatable bonds is 4. The number of aryl methyl sites for hydroxylation is 1. The van der Waals surface area contributed by atoms with E-state index in [0.29, 0.717) is 17.9 Å². The minimum absolute atomic E-state index is 0.254. The molecule has 1 atom stereocenters. The predicted octanol–water partition coefficient (Wildman–Crippen LogP) is 0.820. The number of nitrogens with zero attached hydrogens (tertiary/aromatic N) is 6. The largest absolute Gasteiger partial charge is 0.282 e. The van der Waals surface area contributed by atoms with Crippen LogP contribution in [0.2, 0.25) is 0 Å². The van der Waals surface area contributed by atoms with Crippen LogP contribution in [0.3, 0.4) is 0 Å². The molecule has 0 N–H and O–H groups in total. The van der Waals surface area contributed by atoms with Gasteiger partial charge in [-0.2, -0.15) is 22.1 Å². The van der Waals surface area contributed by atoms with Crippen LogP contribution in [0, 0.1) is 0 Å². The van der Waals surface area contributed by atoms with Crippen LogP contribution >= 0.6 is 0 Å². The molecular weight excluding hydrogens is 316 g/mol. The molecule has 1 saturated heterocycles. The molecule has 2 aromatic heterocycles. The summed E-state index contributed by atoms with van der Waals surface area (Å²) in [5, 5.41) is 4.11. The van der Waals surface area contributed by atoms with Crippen molar-refractivity contribution in [2.24, 2.45) is 7.05 Å². The Morgan fingerprint density at radius 2 is 2.04 bits per heavy atom. The summed E-state index contributed by atoms with van der Waals surface area (Å²) in [4.78, 5) is 8.88. The first-order valence-electron chi connectivity index (χ1n) is 7.41. The lowest BCUT2D eigenvalue weighted by atomic mass is 10.1. The zero-order chi connectivity index (χ0) is 16.6. The molecule has 3 heterocycles. The smallest absolute Gasteiger partial charge is 0.266 e. The molecule has 0 aliphatic carbocycles. The van der Waals surface area contributed by atoms with Crippen molar-refractivity contribution in [1.82, 2.24) is 28.4 Å². The summed E-state index contributed by atoms with van der Waals surface area (Å²) in [5.74, 6) is 0. The van der Waals surface area contributed by atoms with Gasteiger partial charge in [-0.05, 0) is 18.9 Å². The van der Waals surface area contributed by atoms with Crippen molar-refractivity contribution in [2.75, 3.05) is 20.6 Å². The minimum Gasteiger partial charge on any atom is -0.266 e. The van der Waals surface area contributed by atoms with E-state index in [4.69, 9.17) is 0 Å². The van der Waals surface area contributed by atoms with Crippen molar-refractivity contribution in [3.8, 4) is 11.4 Å². The fourth-order valence-corrected chi connectivity index (χ4v) is 4.10. The van der Waals surface area contributed by atoms with Crippen molar-refractivity contribution >= 4 is 10.2 Å². The van der Waals surface area contributed by atoms with Gasteiger partial charge in [-0.3, -0.25) is 14.6 Å². The lowest BCUT2D eigenvalue weighted by Crippen LogP contribution is -2.39. The summed E-state index contributed by atoms with van der Waals surface area (Å²) in [7, 11) is 1.48. The van der Waals surface area contributed by atoms with Gasteiger partial charge in [-0.1, -0.05) is 0 Å². The van der Waals surface area contributed by atoms with Gasteiger partial charge in [0, 0.05) is 33.9 Å². The highest BCUT2D eigenvalue weighted by molar-refractivity contribution is 7.86. The van der Waals surface area contributed by atoms with Crippen molar-refractivity contribution in [1.29, 1.82) is 0 Å². The quantitative estimate of drug-likeness (QED) is 0.825. The maximum atomic E-state index is 12.4. The number of hydrogen-bond acceptors (Lipinski definition) is 5. The van der Waals surface area contributed by atoms with E-state index in [1.54, 1.807) is 37.4 Å². The van der Waals surface area contributed by atoms with Crippen molar-refractivity contribution in [3.05, 3.63) is 30.4 Å². The lowest BCUT2D eigenvalue weighted by Gasteiger charge is -2.26. The molecule has 1 aliphatic rings. The average molecular weight is 336 g/mol. The third kappa shape index (κ3) is 2.87. The summed E-state index contributed by atoms with van der Waals surface area (Å²) >= 11 is 0. The van der Waals surface area contributed by atoms with E-state index in [0.717, 1.165) is 18.5 Å². The summed E-state index contributed by atoms with van der Waals surface area (Å²) in [6.07, 6.45) is 6.62. The van der Waals surface area contributed by atoms with E-state index < -0.39 is 10.2 Å². The van der Waals surface area contributed by atoms with E-state index in [1.807, 2.05) is 13.1 Å². The van der Waals surface area contributed by atoms with E-state index in [2.05, 4.69) is 15.1 Å². The Morgan fingerprint density at radius 3 is 2.61 bits per heavy atom. The van der Waals surface area contributed by atoms with Crippen molar-refractivity contribution in [3.63, 3.8) is 0 Å².